The van der Waals surface area contributed by atoms with Gasteiger partial charge in [-0.25, -0.2) is 0 Å². The highest BCUT2D eigenvalue weighted by Crippen LogP contribution is 2.08. The first-order valence-corrected chi connectivity index (χ1v) is 5.61. The van der Waals surface area contributed by atoms with Gasteiger partial charge in [0.15, 0.2) is 5.78 Å². The molecule has 14 heavy (non-hydrogen) atoms. The van der Waals surface area contributed by atoms with Crippen LogP contribution in [0.25, 0.3) is 0 Å². The molecule has 0 saturated heterocycles. The third kappa shape index (κ3) is 3.75. The van der Waals surface area contributed by atoms with Crippen molar-refractivity contribution in [2.24, 2.45) is 0 Å². The van der Waals surface area contributed by atoms with E-state index < -0.39 is 0 Å². The fraction of sp³-hybridized carbons (Fsp3) is 0.364. The van der Waals surface area contributed by atoms with E-state index in [2.05, 4.69) is 22.6 Å². The van der Waals surface area contributed by atoms with Crippen molar-refractivity contribution < 1.29 is 4.79 Å². The van der Waals surface area contributed by atoms with Crippen molar-refractivity contribution in [2.75, 3.05) is 20.6 Å². The fourth-order valence-corrected chi connectivity index (χ4v) is 1.46. The summed E-state index contributed by atoms with van der Waals surface area (Å²) in [7, 11) is 3.95. The molecule has 2 nitrogen and oxygen atoms in total. The standard InChI is InChI=1S/C11H14INO/c1-13(2)8-7-11(14)9-3-5-10(12)6-4-9/h3-6H,7-8H2,1-2H3. The molecular formula is C11H14INO. The van der Waals surface area contributed by atoms with Crippen LogP contribution in [0.1, 0.15) is 16.8 Å². The molecule has 1 aromatic carbocycles. The van der Waals surface area contributed by atoms with E-state index in [0.717, 1.165) is 15.7 Å². The minimum Gasteiger partial charge on any atom is -0.309 e. The Hall–Kier alpha value is -0.420. The van der Waals surface area contributed by atoms with Crippen molar-refractivity contribution >= 4 is 28.4 Å². The Morgan fingerprint density at radius 2 is 1.86 bits per heavy atom. The lowest BCUT2D eigenvalue weighted by Gasteiger charge is -2.08. The number of hydrogen-bond donors (Lipinski definition) is 0. The van der Waals surface area contributed by atoms with Gasteiger partial charge in [-0.3, -0.25) is 4.79 Å². The Morgan fingerprint density at radius 1 is 1.29 bits per heavy atom. The first kappa shape index (κ1) is 11.7. The lowest BCUT2D eigenvalue weighted by Crippen LogP contribution is -2.16. The summed E-state index contributed by atoms with van der Waals surface area (Å²) in [6.07, 6.45) is 0.591. The van der Waals surface area contributed by atoms with Crippen molar-refractivity contribution in [3.05, 3.63) is 33.4 Å². The van der Waals surface area contributed by atoms with E-state index in [9.17, 15) is 4.79 Å². The lowest BCUT2D eigenvalue weighted by molar-refractivity contribution is 0.0972. The topological polar surface area (TPSA) is 20.3 Å². The average Bonchev–Trinajstić information content (AvgIpc) is 2.15. The van der Waals surface area contributed by atoms with Crippen molar-refractivity contribution in [1.29, 1.82) is 0 Å². The Kier molecular flexibility index (Phi) is 4.54. The zero-order chi connectivity index (χ0) is 10.6. The molecule has 0 radical (unpaired) electrons. The minimum absolute atomic E-state index is 0.218. The molecule has 0 saturated carbocycles. The number of carbonyl (C=O) groups excluding carboxylic acids is 1. The minimum atomic E-state index is 0.218. The summed E-state index contributed by atoms with van der Waals surface area (Å²) in [6.45, 7) is 0.810. The highest BCUT2D eigenvalue weighted by Gasteiger charge is 2.05. The normalized spacial score (nSPS) is 10.6. The molecule has 76 valence electrons. The average molecular weight is 303 g/mol. The summed E-state index contributed by atoms with van der Waals surface area (Å²) in [4.78, 5) is 13.6. The van der Waals surface area contributed by atoms with Gasteiger partial charge < -0.3 is 4.90 Å². The van der Waals surface area contributed by atoms with Crippen molar-refractivity contribution in [3.8, 4) is 0 Å². The van der Waals surface area contributed by atoms with Crippen LogP contribution < -0.4 is 0 Å². The van der Waals surface area contributed by atoms with Crippen molar-refractivity contribution in [1.82, 2.24) is 4.90 Å². The third-order valence-electron chi connectivity index (χ3n) is 1.95. The second kappa shape index (κ2) is 5.46. The number of carbonyl (C=O) groups is 1. The van der Waals surface area contributed by atoms with Crippen LogP contribution in [-0.2, 0) is 0 Å². The van der Waals surface area contributed by atoms with Gasteiger partial charge in [-0.05, 0) is 48.8 Å². The van der Waals surface area contributed by atoms with Crippen LogP contribution in [0.4, 0.5) is 0 Å². The van der Waals surface area contributed by atoms with Crippen LogP contribution >= 0.6 is 22.6 Å². The highest BCUT2D eigenvalue weighted by atomic mass is 127. The van der Waals surface area contributed by atoms with Crippen LogP contribution in [0.5, 0.6) is 0 Å². The molecule has 0 N–H and O–H groups in total. The van der Waals surface area contributed by atoms with E-state index in [1.54, 1.807) is 0 Å². The predicted molar refractivity (Wildman–Crippen MR) is 66.7 cm³/mol. The smallest absolute Gasteiger partial charge is 0.164 e. The van der Waals surface area contributed by atoms with Gasteiger partial charge in [-0.15, -0.1) is 0 Å². The molecule has 1 aromatic rings. The number of Topliss-reactive ketones (excluding diaryl/α,β-unsaturated/α-hetero) is 1. The van der Waals surface area contributed by atoms with E-state index in [1.807, 2.05) is 43.3 Å². The molecule has 0 aliphatic rings. The van der Waals surface area contributed by atoms with Crippen LogP contribution in [-0.4, -0.2) is 31.3 Å². The molecule has 1 rings (SSSR count). The molecule has 0 aliphatic heterocycles. The summed E-state index contributed by atoms with van der Waals surface area (Å²) in [6, 6.07) is 7.70. The summed E-state index contributed by atoms with van der Waals surface area (Å²) < 4.78 is 1.16. The number of halogens is 1. The van der Waals surface area contributed by atoms with Gasteiger partial charge in [0.2, 0.25) is 0 Å². The quantitative estimate of drug-likeness (QED) is 0.629. The van der Waals surface area contributed by atoms with E-state index in [0.29, 0.717) is 6.42 Å². The van der Waals surface area contributed by atoms with Crippen LogP contribution in [0, 0.1) is 3.57 Å². The number of rotatable bonds is 4. The van der Waals surface area contributed by atoms with E-state index >= 15 is 0 Å². The molecule has 0 aromatic heterocycles. The van der Waals surface area contributed by atoms with E-state index in [-0.39, 0.29) is 5.78 Å². The SMILES string of the molecule is CN(C)CCC(=O)c1ccc(I)cc1. The lowest BCUT2D eigenvalue weighted by atomic mass is 10.1. The summed E-state index contributed by atoms with van der Waals surface area (Å²) >= 11 is 2.23. The first-order valence-electron chi connectivity index (χ1n) is 4.53. The molecule has 0 aliphatic carbocycles. The van der Waals surface area contributed by atoms with Crippen LogP contribution in [0.3, 0.4) is 0 Å². The zero-order valence-electron chi connectivity index (χ0n) is 8.46. The monoisotopic (exact) mass is 303 g/mol. The van der Waals surface area contributed by atoms with Crippen LogP contribution in [0.2, 0.25) is 0 Å². The van der Waals surface area contributed by atoms with Gasteiger partial charge in [-0.1, -0.05) is 12.1 Å². The Morgan fingerprint density at radius 3 is 2.36 bits per heavy atom. The number of benzene rings is 1. The Bertz CT molecular complexity index is 306. The Labute approximate surface area is 98.4 Å². The van der Waals surface area contributed by atoms with Gasteiger partial charge in [0, 0.05) is 22.1 Å². The molecule has 0 amide bonds. The third-order valence-corrected chi connectivity index (χ3v) is 2.67. The maximum absolute atomic E-state index is 11.6. The van der Waals surface area contributed by atoms with Crippen LogP contribution in [0.15, 0.2) is 24.3 Å². The van der Waals surface area contributed by atoms with Gasteiger partial charge >= 0.3 is 0 Å². The first-order chi connectivity index (χ1) is 6.59. The summed E-state index contributed by atoms with van der Waals surface area (Å²) in [5.74, 6) is 0.218. The zero-order valence-corrected chi connectivity index (χ0v) is 10.6. The van der Waals surface area contributed by atoms with Gasteiger partial charge in [-0.2, -0.15) is 0 Å². The maximum Gasteiger partial charge on any atom is 0.164 e. The number of ketones is 1. The molecule has 0 bridgehead atoms. The van der Waals surface area contributed by atoms with Gasteiger partial charge in [0.1, 0.15) is 0 Å². The second-order valence-corrected chi connectivity index (χ2v) is 4.73. The molecular weight excluding hydrogens is 289 g/mol. The molecule has 3 heteroatoms. The predicted octanol–water partition coefficient (Wildman–Crippen LogP) is 2.43. The highest BCUT2D eigenvalue weighted by molar-refractivity contribution is 14.1. The summed E-state index contributed by atoms with van der Waals surface area (Å²) in [5.41, 5.74) is 0.812. The van der Waals surface area contributed by atoms with Gasteiger partial charge in [0.05, 0.1) is 0 Å². The van der Waals surface area contributed by atoms with Gasteiger partial charge in [0.25, 0.3) is 0 Å². The fourth-order valence-electron chi connectivity index (χ4n) is 1.11. The molecule has 0 unspecified atom stereocenters. The molecule has 0 fully saturated rings. The molecule has 0 spiro atoms. The largest absolute Gasteiger partial charge is 0.309 e. The van der Waals surface area contributed by atoms with Crippen molar-refractivity contribution in [3.63, 3.8) is 0 Å². The Balaban J connectivity index is 2.57. The van der Waals surface area contributed by atoms with E-state index in [4.69, 9.17) is 0 Å². The number of hydrogen-bond acceptors (Lipinski definition) is 2. The second-order valence-electron chi connectivity index (χ2n) is 3.48. The maximum atomic E-state index is 11.6. The summed E-state index contributed by atoms with van der Waals surface area (Å²) in [5, 5.41) is 0. The van der Waals surface area contributed by atoms with E-state index in [1.165, 1.54) is 0 Å². The van der Waals surface area contributed by atoms with Crippen molar-refractivity contribution in [2.45, 2.75) is 6.42 Å². The molecule has 0 heterocycles. The number of nitrogens with zero attached hydrogens (tertiary/aromatic N) is 1. The molecule has 0 atom stereocenters.